The zero-order valence-electron chi connectivity index (χ0n) is 16.0. The van der Waals surface area contributed by atoms with Gasteiger partial charge in [-0.15, -0.1) is 0 Å². The maximum atomic E-state index is 12.1. The average molecular weight is 366 g/mol. The van der Waals surface area contributed by atoms with Crippen molar-refractivity contribution >= 4 is 23.1 Å². The van der Waals surface area contributed by atoms with Crippen LogP contribution in [0.5, 0.6) is 5.75 Å². The van der Waals surface area contributed by atoms with E-state index < -0.39 is 0 Å². The molecule has 0 unspecified atom stereocenters. The smallest absolute Gasteiger partial charge is 0.324 e. The summed E-state index contributed by atoms with van der Waals surface area (Å²) in [4.78, 5) is 20.5. The molecule has 2 heterocycles. The van der Waals surface area contributed by atoms with E-state index in [9.17, 15) is 4.79 Å². The highest BCUT2D eigenvalue weighted by Gasteiger charge is 2.26. The third kappa shape index (κ3) is 3.52. The first kappa shape index (κ1) is 17.5. The van der Waals surface area contributed by atoms with E-state index in [1.807, 2.05) is 24.1 Å². The summed E-state index contributed by atoms with van der Waals surface area (Å²) in [5.74, 6) is 0.889. The van der Waals surface area contributed by atoms with E-state index in [1.54, 1.807) is 12.0 Å². The number of hydrogen-bond donors (Lipinski definition) is 0. The van der Waals surface area contributed by atoms with Crippen molar-refractivity contribution in [3.63, 3.8) is 0 Å². The van der Waals surface area contributed by atoms with Crippen LogP contribution in [0.1, 0.15) is 0 Å². The standard InChI is InChI=1S/C21H26N4O2/c1-22-11-16-25(21(22)26)19-5-3-17(4-6-19)23-12-14-24(15-13-23)18-7-9-20(27-2)10-8-18/h3-10H,11-16H2,1-2H3. The first-order valence-electron chi connectivity index (χ1n) is 9.42. The Kier molecular flexibility index (Phi) is 4.79. The van der Waals surface area contributed by atoms with Crippen molar-refractivity contribution in [2.45, 2.75) is 0 Å². The molecule has 2 fully saturated rings. The SMILES string of the molecule is COc1ccc(N2CCN(c3ccc(N4CCN(C)C4=O)cc3)CC2)cc1. The summed E-state index contributed by atoms with van der Waals surface area (Å²) in [7, 11) is 3.54. The molecule has 0 spiro atoms. The quantitative estimate of drug-likeness (QED) is 0.834. The first-order chi connectivity index (χ1) is 13.2. The highest BCUT2D eigenvalue weighted by molar-refractivity contribution is 5.94. The summed E-state index contributed by atoms with van der Waals surface area (Å²) < 4.78 is 5.24. The maximum absolute atomic E-state index is 12.1. The van der Waals surface area contributed by atoms with Crippen LogP contribution in [0.2, 0.25) is 0 Å². The fraction of sp³-hybridized carbons (Fsp3) is 0.381. The Hall–Kier alpha value is -2.89. The normalized spacial score (nSPS) is 17.6. The minimum absolute atomic E-state index is 0.0795. The molecule has 4 rings (SSSR count). The second-order valence-corrected chi connectivity index (χ2v) is 7.04. The first-order valence-corrected chi connectivity index (χ1v) is 9.42. The number of nitrogens with zero attached hydrogens (tertiary/aromatic N) is 4. The molecule has 2 aromatic carbocycles. The Morgan fingerprint density at radius 2 is 1.19 bits per heavy atom. The van der Waals surface area contributed by atoms with E-state index >= 15 is 0 Å². The highest BCUT2D eigenvalue weighted by atomic mass is 16.5. The van der Waals surface area contributed by atoms with Gasteiger partial charge in [-0.2, -0.15) is 0 Å². The van der Waals surface area contributed by atoms with Gasteiger partial charge in [-0.3, -0.25) is 4.90 Å². The molecule has 142 valence electrons. The van der Waals surface area contributed by atoms with Gasteiger partial charge in [0.15, 0.2) is 0 Å². The summed E-state index contributed by atoms with van der Waals surface area (Å²) in [5.41, 5.74) is 3.43. The second-order valence-electron chi connectivity index (χ2n) is 7.04. The number of rotatable bonds is 4. The predicted octanol–water partition coefficient (Wildman–Crippen LogP) is 2.89. The number of carbonyl (C=O) groups is 1. The number of urea groups is 1. The van der Waals surface area contributed by atoms with Crippen LogP contribution in [0.25, 0.3) is 0 Å². The number of likely N-dealkylation sites (N-methyl/N-ethyl adjacent to an activating group) is 1. The number of ether oxygens (including phenoxy) is 1. The third-order valence-corrected chi connectivity index (χ3v) is 5.46. The van der Waals surface area contributed by atoms with E-state index in [0.717, 1.165) is 50.7 Å². The Bertz CT molecular complexity index is 783. The molecule has 0 radical (unpaired) electrons. The minimum Gasteiger partial charge on any atom is -0.497 e. The van der Waals surface area contributed by atoms with Crippen LogP contribution in [0.15, 0.2) is 48.5 Å². The van der Waals surface area contributed by atoms with Crippen molar-refractivity contribution in [3.8, 4) is 5.75 Å². The van der Waals surface area contributed by atoms with Gasteiger partial charge in [0.1, 0.15) is 5.75 Å². The summed E-state index contributed by atoms with van der Waals surface area (Å²) in [6.07, 6.45) is 0. The molecule has 6 heteroatoms. The Balaban J connectivity index is 1.37. The molecule has 0 atom stereocenters. The van der Waals surface area contributed by atoms with Gasteiger partial charge in [-0.05, 0) is 48.5 Å². The van der Waals surface area contributed by atoms with E-state index in [4.69, 9.17) is 4.74 Å². The molecule has 0 aromatic heterocycles. The summed E-state index contributed by atoms with van der Waals surface area (Å²) in [6.45, 7) is 5.49. The monoisotopic (exact) mass is 366 g/mol. The van der Waals surface area contributed by atoms with Crippen molar-refractivity contribution in [2.75, 3.05) is 68.1 Å². The van der Waals surface area contributed by atoms with Gasteiger partial charge >= 0.3 is 6.03 Å². The number of piperazine rings is 1. The number of benzene rings is 2. The molecule has 27 heavy (non-hydrogen) atoms. The number of amides is 2. The molecule has 2 saturated heterocycles. The molecular weight excluding hydrogens is 340 g/mol. The maximum Gasteiger partial charge on any atom is 0.324 e. The van der Waals surface area contributed by atoms with Crippen molar-refractivity contribution in [3.05, 3.63) is 48.5 Å². The van der Waals surface area contributed by atoms with Gasteiger partial charge in [0.05, 0.1) is 7.11 Å². The summed E-state index contributed by atoms with van der Waals surface area (Å²) in [6, 6.07) is 16.7. The van der Waals surface area contributed by atoms with Crippen LogP contribution in [-0.2, 0) is 0 Å². The van der Waals surface area contributed by atoms with Gasteiger partial charge < -0.3 is 19.4 Å². The molecule has 2 aliphatic rings. The lowest BCUT2D eigenvalue weighted by Crippen LogP contribution is -2.46. The van der Waals surface area contributed by atoms with E-state index in [-0.39, 0.29) is 6.03 Å². The van der Waals surface area contributed by atoms with Crippen LogP contribution >= 0.6 is 0 Å². The van der Waals surface area contributed by atoms with Crippen molar-refractivity contribution in [1.29, 1.82) is 0 Å². The molecule has 2 amide bonds. The minimum atomic E-state index is 0.0795. The fourth-order valence-electron chi connectivity index (χ4n) is 3.75. The van der Waals surface area contributed by atoms with Gasteiger partial charge in [0, 0.05) is 63.4 Å². The van der Waals surface area contributed by atoms with E-state index in [2.05, 4.69) is 46.2 Å². The topological polar surface area (TPSA) is 39.3 Å². The Morgan fingerprint density at radius 3 is 1.63 bits per heavy atom. The number of carbonyl (C=O) groups excluding carboxylic acids is 1. The van der Waals surface area contributed by atoms with Crippen LogP contribution < -0.4 is 19.4 Å². The van der Waals surface area contributed by atoms with Crippen LogP contribution in [0.4, 0.5) is 21.9 Å². The largest absolute Gasteiger partial charge is 0.497 e. The molecule has 0 saturated carbocycles. The molecule has 2 aliphatic heterocycles. The predicted molar refractivity (Wildman–Crippen MR) is 109 cm³/mol. The van der Waals surface area contributed by atoms with Crippen LogP contribution in [0, 0.1) is 0 Å². The van der Waals surface area contributed by atoms with Crippen LogP contribution in [-0.4, -0.2) is 64.4 Å². The highest BCUT2D eigenvalue weighted by Crippen LogP contribution is 2.26. The molecule has 0 bridgehead atoms. The van der Waals surface area contributed by atoms with Gasteiger partial charge in [0.2, 0.25) is 0 Å². The molecule has 0 aliphatic carbocycles. The summed E-state index contributed by atoms with van der Waals surface area (Å²) in [5, 5.41) is 0. The van der Waals surface area contributed by atoms with Gasteiger partial charge in [-0.1, -0.05) is 0 Å². The zero-order valence-corrected chi connectivity index (χ0v) is 16.0. The Labute approximate surface area is 160 Å². The fourth-order valence-corrected chi connectivity index (χ4v) is 3.75. The number of methoxy groups -OCH3 is 1. The lowest BCUT2D eigenvalue weighted by atomic mass is 10.2. The van der Waals surface area contributed by atoms with Crippen molar-refractivity contribution in [1.82, 2.24) is 4.90 Å². The second kappa shape index (κ2) is 7.39. The van der Waals surface area contributed by atoms with Crippen molar-refractivity contribution in [2.24, 2.45) is 0 Å². The third-order valence-electron chi connectivity index (χ3n) is 5.46. The van der Waals surface area contributed by atoms with Crippen LogP contribution in [0.3, 0.4) is 0 Å². The van der Waals surface area contributed by atoms with E-state index in [0.29, 0.717) is 0 Å². The lowest BCUT2D eigenvalue weighted by molar-refractivity contribution is 0.229. The van der Waals surface area contributed by atoms with Gasteiger partial charge in [-0.25, -0.2) is 4.79 Å². The van der Waals surface area contributed by atoms with Gasteiger partial charge in [0.25, 0.3) is 0 Å². The Morgan fingerprint density at radius 1 is 0.704 bits per heavy atom. The molecule has 0 N–H and O–H groups in total. The average Bonchev–Trinajstić information content (AvgIpc) is 3.07. The van der Waals surface area contributed by atoms with Crippen molar-refractivity contribution < 1.29 is 9.53 Å². The lowest BCUT2D eigenvalue weighted by Gasteiger charge is -2.37. The molecule has 2 aromatic rings. The summed E-state index contributed by atoms with van der Waals surface area (Å²) >= 11 is 0. The number of anilines is 3. The zero-order chi connectivity index (χ0) is 18.8. The number of hydrogen-bond acceptors (Lipinski definition) is 4. The molecule has 6 nitrogen and oxygen atoms in total. The molecular formula is C21H26N4O2. The van der Waals surface area contributed by atoms with E-state index in [1.165, 1.54) is 11.4 Å².